The van der Waals surface area contributed by atoms with E-state index >= 15 is 0 Å². The first-order valence-electron chi connectivity index (χ1n) is 9.33. The third kappa shape index (κ3) is 3.86. The number of benzene rings is 2. The topological polar surface area (TPSA) is 79.4 Å². The molecule has 2 heterocycles. The van der Waals surface area contributed by atoms with Gasteiger partial charge in [0, 0.05) is 29.9 Å². The summed E-state index contributed by atoms with van der Waals surface area (Å²) in [5, 5.41) is 3.17. The zero-order chi connectivity index (χ0) is 20.6. The lowest BCUT2D eigenvalue weighted by Gasteiger charge is -2.15. The van der Waals surface area contributed by atoms with E-state index < -0.39 is 21.7 Å². The molecule has 1 amide bonds. The molecule has 1 aliphatic rings. The number of halogens is 1. The van der Waals surface area contributed by atoms with Crippen LogP contribution in [0.3, 0.4) is 0 Å². The van der Waals surface area contributed by atoms with Crippen molar-refractivity contribution in [2.45, 2.75) is 24.7 Å². The monoisotopic (exact) mass is 413 g/mol. The van der Waals surface area contributed by atoms with Gasteiger partial charge in [0.05, 0.1) is 16.0 Å². The molecule has 1 N–H and O–H groups in total. The third-order valence-corrected chi connectivity index (χ3v) is 6.87. The molecule has 4 rings (SSSR count). The largest absolute Gasteiger partial charge is 0.322 e. The highest BCUT2D eigenvalue weighted by Gasteiger charge is 2.27. The van der Waals surface area contributed by atoms with Crippen LogP contribution in [0.15, 0.2) is 53.4 Å². The second kappa shape index (κ2) is 7.53. The molecule has 1 saturated heterocycles. The number of sulfonamides is 1. The Morgan fingerprint density at radius 3 is 2.45 bits per heavy atom. The number of carbonyl (C=O) groups is 1. The minimum absolute atomic E-state index is 0.199. The van der Waals surface area contributed by atoms with Crippen molar-refractivity contribution < 1.29 is 17.6 Å². The summed E-state index contributed by atoms with van der Waals surface area (Å²) in [4.78, 5) is 17.3. The number of hydrogen-bond donors (Lipinski definition) is 1. The van der Waals surface area contributed by atoms with E-state index in [4.69, 9.17) is 0 Å². The minimum Gasteiger partial charge on any atom is -0.322 e. The molecule has 150 valence electrons. The molecule has 2 aromatic carbocycles. The smallest absolute Gasteiger partial charge is 0.256 e. The van der Waals surface area contributed by atoms with Crippen LogP contribution in [0, 0.1) is 12.7 Å². The fourth-order valence-corrected chi connectivity index (χ4v) is 5.02. The van der Waals surface area contributed by atoms with Gasteiger partial charge in [-0.15, -0.1) is 0 Å². The highest BCUT2D eigenvalue weighted by molar-refractivity contribution is 7.89. The van der Waals surface area contributed by atoms with Gasteiger partial charge >= 0.3 is 0 Å². The lowest BCUT2D eigenvalue weighted by atomic mass is 10.1. The van der Waals surface area contributed by atoms with E-state index in [2.05, 4.69) is 10.3 Å². The predicted molar refractivity (Wildman–Crippen MR) is 109 cm³/mol. The Morgan fingerprint density at radius 1 is 1.07 bits per heavy atom. The fourth-order valence-electron chi connectivity index (χ4n) is 3.50. The molecule has 3 aromatic rings. The molecule has 8 heteroatoms. The number of nitrogens with one attached hydrogen (secondary N) is 1. The van der Waals surface area contributed by atoms with Gasteiger partial charge in [0.15, 0.2) is 0 Å². The molecule has 1 aliphatic heterocycles. The first kappa shape index (κ1) is 19.5. The SMILES string of the molecule is Cc1cc(C(=O)Nc2ccc(S(=O)(=O)N3CCCC3)cc2)c2cc(F)ccc2n1. The zero-order valence-corrected chi connectivity index (χ0v) is 16.7. The van der Waals surface area contributed by atoms with Gasteiger partial charge in [-0.05, 0) is 68.3 Å². The Kier molecular flexibility index (Phi) is 5.06. The van der Waals surface area contributed by atoms with Gasteiger partial charge in [-0.3, -0.25) is 9.78 Å². The van der Waals surface area contributed by atoms with Gasteiger partial charge < -0.3 is 5.32 Å². The Labute approximate surface area is 168 Å². The second-order valence-electron chi connectivity index (χ2n) is 7.06. The zero-order valence-electron chi connectivity index (χ0n) is 15.9. The molecular formula is C21H20FN3O3S. The minimum atomic E-state index is -3.50. The Morgan fingerprint density at radius 2 is 1.76 bits per heavy atom. The molecule has 0 saturated carbocycles. The summed E-state index contributed by atoms with van der Waals surface area (Å²) in [5.41, 5.74) is 1.93. The summed E-state index contributed by atoms with van der Waals surface area (Å²) in [6, 6.07) is 11.8. The predicted octanol–water partition coefficient (Wildman–Crippen LogP) is 3.72. The summed E-state index contributed by atoms with van der Waals surface area (Å²) in [5.74, 6) is -0.866. The normalized spacial score (nSPS) is 15.0. The number of amides is 1. The van der Waals surface area contributed by atoms with E-state index in [-0.39, 0.29) is 4.90 Å². The van der Waals surface area contributed by atoms with Crippen LogP contribution in [0.2, 0.25) is 0 Å². The number of carbonyl (C=O) groups excluding carboxylic acids is 1. The molecular weight excluding hydrogens is 393 g/mol. The summed E-state index contributed by atoms with van der Waals surface area (Å²) >= 11 is 0. The summed E-state index contributed by atoms with van der Waals surface area (Å²) < 4.78 is 40.3. The molecule has 0 spiro atoms. The van der Waals surface area contributed by atoms with Crippen LogP contribution >= 0.6 is 0 Å². The third-order valence-electron chi connectivity index (χ3n) is 4.96. The summed E-state index contributed by atoms with van der Waals surface area (Å²) in [6.07, 6.45) is 1.74. The first-order chi connectivity index (χ1) is 13.8. The van der Waals surface area contributed by atoms with Gasteiger partial charge in [-0.1, -0.05) is 0 Å². The lowest BCUT2D eigenvalue weighted by Crippen LogP contribution is -2.27. The number of aromatic nitrogens is 1. The van der Waals surface area contributed by atoms with Crippen molar-refractivity contribution in [1.29, 1.82) is 0 Å². The van der Waals surface area contributed by atoms with Crippen molar-refractivity contribution >= 4 is 32.5 Å². The number of rotatable bonds is 4. The second-order valence-corrected chi connectivity index (χ2v) is 9.00. The quantitative estimate of drug-likeness (QED) is 0.707. The van der Waals surface area contributed by atoms with Gasteiger partial charge in [0.1, 0.15) is 5.82 Å². The molecule has 0 atom stereocenters. The maximum Gasteiger partial charge on any atom is 0.256 e. The Hall–Kier alpha value is -2.84. The van der Waals surface area contributed by atoms with E-state index in [0.29, 0.717) is 40.9 Å². The maximum absolute atomic E-state index is 13.7. The van der Waals surface area contributed by atoms with Crippen molar-refractivity contribution in [2.75, 3.05) is 18.4 Å². The van der Waals surface area contributed by atoms with Gasteiger partial charge in [-0.25, -0.2) is 12.8 Å². The van der Waals surface area contributed by atoms with Gasteiger partial charge in [0.2, 0.25) is 10.0 Å². The number of aryl methyl sites for hydroxylation is 1. The molecule has 1 aromatic heterocycles. The molecule has 29 heavy (non-hydrogen) atoms. The Balaban J connectivity index is 1.59. The summed E-state index contributed by atoms with van der Waals surface area (Å²) in [7, 11) is -3.50. The molecule has 0 aliphatic carbocycles. The number of nitrogens with zero attached hydrogens (tertiary/aromatic N) is 2. The van der Waals surface area contributed by atoms with E-state index in [1.807, 2.05) is 0 Å². The lowest BCUT2D eigenvalue weighted by molar-refractivity contribution is 0.102. The highest BCUT2D eigenvalue weighted by atomic mass is 32.2. The Bertz CT molecular complexity index is 1190. The van der Waals surface area contributed by atoms with Crippen molar-refractivity contribution in [3.8, 4) is 0 Å². The molecule has 0 radical (unpaired) electrons. The first-order valence-corrected chi connectivity index (χ1v) is 10.8. The van der Waals surface area contributed by atoms with Crippen LogP contribution in [0.5, 0.6) is 0 Å². The van der Waals surface area contributed by atoms with Crippen LogP contribution in [0.25, 0.3) is 10.9 Å². The van der Waals surface area contributed by atoms with E-state index in [1.54, 1.807) is 25.1 Å². The van der Waals surface area contributed by atoms with Crippen molar-refractivity contribution in [3.05, 3.63) is 65.6 Å². The van der Waals surface area contributed by atoms with Gasteiger partial charge in [0.25, 0.3) is 5.91 Å². The average molecular weight is 413 g/mol. The fraction of sp³-hybridized carbons (Fsp3) is 0.238. The molecule has 6 nitrogen and oxygen atoms in total. The van der Waals surface area contributed by atoms with Crippen LogP contribution < -0.4 is 5.32 Å². The number of pyridine rings is 1. The molecule has 0 bridgehead atoms. The van der Waals surface area contributed by atoms with Crippen LogP contribution in [0.4, 0.5) is 10.1 Å². The number of anilines is 1. The van der Waals surface area contributed by atoms with E-state index in [9.17, 15) is 17.6 Å². The highest BCUT2D eigenvalue weighted by Crippen LogP contribution is 2.24. The van der Waals surface area contributed by atoms with E-state index in [0.717, 1.165) is 12.8 Å². The maximum atomic E-state index is 13.7. The van der Waals surface area contributed by atoms with Crippen LogP contribution in [-0.4, -0.2) is 36.7 Å². The van der Waals surface area contributed by atoms with Crippen molar-refractivity contribution in [3.63, 3.8) is 0 Å². The number of hydrogen-bond acceptors (Lipinski definition) is 4. The standard InChI is InChI=1S/C21H20FN3O3S/c1-14-12-19(18-13-15(22)4-9-20(18)23-14)21(26)24-16-5-7-17(8-6-16)29(27,28)25-10-2-3-11-25/h4-9,12-13H,2-3,10-11H2,1H3,(H,24,26). The van der Waals surface area contributed by atoms with Crippen LogP contribution in [0.1, 0.15) is 28.9 Å². The van der Waals surface area contributed by atoms with Gasteiger partial charge in [-0.2, -0.15) is 4.31 Å². The number of fused-ring (bicyclic) bond motifs is 1. The molecule has 1 fully saturated rings. The summed E-state index contributed by atoms with van der Waals surface area (Å²) in [6.45, 7) is 2.83. The van der Waals surface area contributed by atoms with Crippen molar-refractivity contribution in [1.82, 2.24) is 9.29 Å². The van der Waals surface area contributed by atoms with Crippen LogP contribution in [-0.2, 0) is 10.0 Å². The molecule has 0 unspecified atom stereocenters. The van der Waals surface area contributed by atoms with E-state index in [1.165, 1.54) is 34.6 Å². The average Bonchev–Trinajstić information content (AvgIpc) is 3.24. The van der Waals surface area contributed by atoms with Crippen molar-refractivity contribution in [2.24, 2.45) is 0 Å².